The van der Waals surface area contributed by atoms with Gasteiger partial charge >= 0.3 is 11.9 Å². The second-order valence-corrected chi connectivity index (χ2v) is 31.5. The largest absolute Gasteiger partial charge is 0.508 e. The van der Waals surface area contributed by atoms with Crippen molar-refractivity contribution in [2.45, 2.75) is 187 Å². The number of phenolic OH excluding ortho intramolecular Hbond substituents is 4. The predicted octanol–water partition coefficient (Wildman–Crippen LogP) is 4.98. The van der Waals surface area contributed by atoms with E-state index < -0.39 is 266 Å². The number of aromatic hydroxyl groups is 4. The van der Waals surface area contributed by atoms with Gasteiger partial charge in [0.2, 0.25) is 59.7 Å². The highest BCUT2D eigenvalue weighted by Gasteiger charge is 2.52. The van der Waals surface area contributed by atoms with E-state index in [9.17, 15) is 85.6 Å². The molecule has 7 aromatic carbocycles. The van der Waals surface area contributed by atoms with Gasteiger partial charge in [-0.3, -0.25) is 33.6 Å². The molecule has 0 saturated carbocycles. The normalized spacial score (nSPS) is 26.3. The minimum Gasteiger partial charge on any atom is -0.508 e. The van der Waals surface area contributed by atoms with Crippen LogP contribution in [0.5, 0.6) is 69.0 Å². The molecule has 8 heterocycles. The van der Waals surface area contributed by atoms with Crippen LogP contribution in [0.1, 0.15) is 146 Å². The quantitative estimate of drug-likeness (QED) is 0.0474. The highest BCUT2D eigenvalue weighted by Crippen LogP contribution is 2.52. The Bertz CT molecular complexity index is 5260. The number of hydrogen-bond acceptors (Lipinski definition) is 28. The van der Waals surface area contributed by atoms with Gasteiger partial charge in [-0.1, -0.05) is 111 Å². The first kappa shape index (κ1) is 89.2. The number of aliphatic hydroxyl groups is 7. The van der Waals surface area contributed by atoms with Gasteiger partial charge in [0.25, 0.3) is 0 Å². The molecule has 654 valence electrons. The summed E-state index contributed by atoms with van der Waals surface area (Å²) in [6.45, 7) is 1.10. The third kappa shape index (κ3) is 19.4. The van der Waals surface area contributed by atoms with Crippen molar-refractivity contribution < 1.29 is 143 Å². The zero-order valence-electron chi connectivity index (χ0n) is 65.2. The lowest BCUT2D eigenvalue weighted by molar-refractivity contribution is -0.277. The minimum atomic E-state index is -2.50. The van der Waals surface area contributed by atoms with Crippen LogP contribution in [0.15, 0.2) is 109 Å². The average Bonchev–Trinajstić information content (AvgIpc) is 0.756. The summed E-state index contributed by atoms with van der Waals surface area (Å²) in [6.07, 6.45) is -14.5. The predicted molar refractivity (Wildman–Crippen MR) is 429 cm³/mol. The number of hydrogen-bond donors (Lipinski definition) is 21. The van der Waals surface area contributed by atoms with Crippen molar-refractivity contribution in [2.24, 2.45) is 0 Å². The van der Waals surface area contributed by atoms with Crippen molar-refractivity contribution in [3.8, 4) is 80.1 Å². The van der Waals surface area contributed by atoms with Gasteiger partial charge in [0.05, 0.1) is 21.7 Å². The molecule has 123 heavy (non-hydrogen) atoms. The first-order chi connectivity index (χ1) is 58.7. The van der Waals surface area contributed by atoms with E-state index in [1.54, 1.807) is 0 Å². The minimum absolute atomic E-state index is 0.166. The molecule has 0 aromatic heterocycles. The molecule has 8 aliphatic rings. The van der Waals surface area contributed by atoms with Crippen LogP contribution in [0.25, 0.3) is 11.1 Å². The molecule has 18 atom stereocenters. The number of rotatable bonds is 19. The van der Waals surface area contributed by atoms with Gasteiger partial charge in [0, 0.05) is 41.7 Å². The number of aliphatic hydroxyl groups excluding tert-OH is 7. The first-order valence-corrected chi connectivity index (χ1v) is 40.3. The van der Waals surface area contributed by atoms with Gasteiger partial charge in [0.1, 0.15) is 125 Å². The van der Waals surface area contributed by atoms with E-state index in [0.29, 0.717) is 18.9 Å². The highest BCUT2D eigenvalue weighted by atomic mass is 35.5. The van der Waals surface area contributed by atoms with Gasteiger partial charge in [-0.25, -0.2) is 9.59 Å². The first-order valence-electron chi connectivity index (χ1n) is 39.2. The molecular formula is C83H87Cl3N8O29. The number of aliphatic carboxylic acids is 2. The van der Waals surface area contributed by atoms with Crippen LogP contribution in [0.3, 0.4) is 0 Å². The van der Waals surface area contributed by atoms with Crippen LogP contribution in [0.4, 0.5) is 0 Å². The van der Waals surface area contributed by atoms with E-state index in [2.05, 4.69) is 49.5 Å². The molecule has 15 rings (SSSR count). The van der Waals surface area contributed by atoms with Crippen LogP contribution in [-0.4, -0.2) is 207 Å². The number of likely N-dealkylation sites (N-methyl/N-ethyl adjacent to an activating group) is 1. The Hall–Kier alpha value is -11.6. The summed E-state index contributed by atoms with van der Waals surface area (Å²) >= 11 is 21.6. The van der Waals surface area contributed by atoms with Gasteiger partial charge in [-0.15, -0.1) is 0 Å². The second-order valence-electron chi connectivity index (χ2n) is 30.3. The third-order valence-corrected chi connectivity index (χ3v) is 22.6. The summed E-state index contributed by atoms with van der Waals surface area (Å²) in [5.74, 6) is -20.1. The number of nitrogens with one attached hydrogen (secondary N) is 8. The fraction of sp³-hybridized carbons (Fsp3) is 0.386. The Labute approximate surface area is 714 Å². The maximum atomic E-state index is 16.8. The van der Waals surface area contributed by atoms with Crippen molar-refractivity contribution in [1.29, 1.82) is 0 Å². The monoisotopic (exact) mass is 1760 g/mol. The summed E-state index contributed by atoms with van der Waals surface area (Å²) in [5, 5.41) is 167. The van der Waals surface area contributed by atoms with Crippen LogP contribution < -0.4 is 66.2 Å². The number of benzene rings is 7. The summed E-state index contributed by atoms with van der Waals surface area (Å²) in [5.41, 5.74) is -3.66. The standard InChI is InChI=1S/C83H87Cl3N8O29/c1-3-4-5-6-7-8-9-10-11-12-56(100)89-64-67(103)69(105)73(81(115)116)123-82(64)122-72-53-27-38-28-54(72)119-51-18-15-35(24-45(51)85)65(101)63-79(112)93-62(80(113)114)42-30-40(97)31-49(99)57(42)43-23-37(25-46(86)71(43)121-83-70(106)68(104)66(102)55(32-95)120-83)60(78(111)94-63)91-77(110)61(38)92-76(109)59-36-21-39(96)29-41(22-36)117-52-26-34(14-16-48(52)98)58(87-2)75(108)88-47(74(107)90-59)20-33-13-17-50(118-53)44(84)19-33/h13-19,21-31,47,55,58-70,73,82-83,87,95-99,101-106H,3-12,20,32H2,1-2H3,(H,88,108)(H,89,100)(H,90,107)(H,91,110)(H,92,109)(H,93,112)(H,94,111)(H,113,114)(H,115,116). The molecule has 0 aliphatic carbocycles. The van der Waals surface area contributed by atoms with Crippen LogP contribution in [0, 0.1) is 0 Å². The SMILES string of the molecule is CCCCCCCCCCCC(=O)NC1C(Oc2c3cc4cc2Oc2ccc(cc2Cl)C(O)C2NC(=O)C(NC(=O)C4NC(=O)C4NC(=O)C(Cc5ccc(c(Cl)c5)O3)NC(=O)C(NC)c3ccc(O)c(c3)Oc3cc(O)cc4c3)c3cc(Cl)c(OC4OC(CO)C(O)C(O)C4O)c(c3)-c3c(O)cc(O)cc3C(C(=O)O)NC2=O)OC(C(=O)O)C(O)C1O. The van der Waals surface area contributed by atoms with Gasteiger partial charge in [0.15, 0.2) is 35.1 Å². The van der Waals surface area contributed by atoms with Gasteiger partial charge in [-0.2, -0.15) is 0 Å². The lowest BCUT2D eigenvalue weighted by Gasteiger charge is -2.41. The topological polar surface area (TPSA) is 577 Å². The summed E-state index contributed by atoms with van der Waals surface area (Å²) < 4.78 is 44.1. The summed E-state index contributed by atoms with van der Waals surface area (Å²) in [4.78, 5) is 136. The molecule has 21 N–H and O–H groups in total. The zero-order chi connectivity index (χ0) is 88.3. The number of carbonyl (C=O) groups excluding carboxylic acids is 7. The van der Waals surface area contributed by atoms with Crippen molar-refractivity contribution in [2.75, 3.05) is 13.7 Å². The van der Waals surface area contributed by atoms with E-state index >= 15 is 24.0 Å². The Balaban J connectivity index is 1.05. The highest BCUT2D eigenvalue weighted by molar-refractivity contribution is 6.33. The smallest absolute Gasteiger partial charge is 0.335 e. The maximum Gasteiger partial charge on any atom is 0.335 e. The van der Waals surface area contributed by atoms with Crippen molar-refractivity contribution >= 4 is 88.1 Å². The van der Waals surface area contributed by atoms with E-state index in [1.807, 2.05) is 0 Å². The lowest BCUT2D eigenvalue weighted by Crippen LogP contribution is -2.66. The number of amides is 7. The van der Waals surface area contributed by atoms with Crippen LogP contribution >= 0.6 is 34.8 Å². The second kappa shape index (κ2) is 38.1. The molecule has 17 bridgehead atoms. The fourth-order valence-corrected chi connectivity index (χ4v) is 16.1. The molecule has 0 radical (unpaired) electrons. The average molecular weight is 1770 g/mol. The molecular weight excluding hydrogens is 1680 g/mol. The summed E-state index contributed by atoms with van der Waals surface area (Å²) in [7, 11) is 1.41. The number of unbranched alkanes of at least 4 members (excludes halogenated alkanes) is 8. The molecule has 0 spiro atoms. The molecule has 8 aliphatic heterocycles. The number of fused-ring (bicyclic) bond motifs is 14. The molecule has 37 nitrogen and oxygen atoms in total. The van der Waals surface area contributed by atoms with Gasteiger partial charge < -0.3 is 142 Å². The van der Waals surface area contributed by atoms with Gasteiger partial charge in [-0.05, 0) is 126 Å². The molecule has 2 fully saturated rings. The molecule has 2 saturated heterocycles. The Kier molecular flexibility index (Phi) is 27.6. The number of halogens is 3. The molecule has 7 aromatic rings. The van der Waals surface area contributed by atoms with E-state index in [-0.39, 0.29) is 50.9 Å². The van der Waals surface area contributed by atoms with Crippen LogP contribution in [-0.2, 0) is 59.0 Å². The van der Waals surface area contributed by atoms with Crippen molar-refractivity contribution in [3.05, 3.63) is 163 Å². The Morgan fingerprint density at radius 3 is 1.72 bits per heavy atom. The van der Waals surface area contributed by atoms with Crippen LogP contribution in [0.2, 0.25) is 15.1 Å². The van der Waals surface area contributed by atoms with Crippen molar-refractivity contribution in [1.82, 2.24) is 42.5 Å². The number of ether oxygens (including phenoxy) is 7. The molecule has 7 amide bonds. The number of carboxylic acid groups (broad SMARTS) is 2. The Morgan fingerprint density at radius 1 is 0.496 bits per heavy atom. The Morgan fingerprint density at radius 2 is 1.08 bits per heavy atom. The molecule has 18 unspecified atom stereocenters. The third-order valence-electron chi connectivity index (χ3n) is 21.7. The fourth-order valence-electron chi connectivity index (χ4n) is 15.3. The van der Waals surface area contributed by atoms with E-state index in [0.717, 1.165) is 112 Å². The summed E-state index contributed by atoms with van der Waals surface area (Å²) in [6, 6.07) is 2.35. The maximum absolute atomic E-state index is 16.8. The van der Waals surface area contributed by atoms with E-state index in [4.69, 9.17) is 68.0 Å². The van der Waals surface area contributed by atoms with Crippen molar-refractivity contribution in [3.63, 3.8) is 0 Å². The number of carbonyl (C=O) groups is 9. The lowest BCUT2D eigenvalue weighted by atomic mass is 9.89. The van der Waals surface area contributed by atoms with E-state index in [1.165, 1.54) is 43.4 Å². The zero-order valence-corrected chi connectivity index (χ0v) is 67.5. The number of carboxylic acids is 2. The molecule has 40 heteroatoms. The number of phenols is 4.